The molecular weight excluding hydrogens is 244 g/mol. The zero-order chi connectivity index (χ0) is 14.1. The number of nitrogens with zero attached hydrogens (tertiary/aromatic N) is 1. The maximum Gasteiger partial charge on any atom is 0.0444 e. The van der Waals surface area contributed by atoms with Gasteiger partial charge in [0.2, 0.25) is 0 Å². The molecule has 1 aliphatic rings. The van der Waals surface area contributed by atoms with Crippen LogP contribution in [0.4, 0.5) is 11.4 Å². The van der Waals surface area contributed by atoms with E-state index in [1.54, 1.807) is 0 Å². The van der Waals surface area contributed by atoms with Gasteiger partial charge in [-0.15, -0.1) is 0 Å². The second kappa shape index (κ2) is 5.29. The number of para-hydroxylation sites is 1. The molecule has 0 spiro atoms. The Bertz CT molecular complexity index is 617. The van der Waals surface area contributed by atoms with E-state index in [2.05, 4.69) is 61.2 Å². The van der Waals surface area contributed by atoms with Crippen LogP contribution in [0.1, 0.15) is 23.6 Å². The van der Waals surface area contributed by atoms with Crippen molar-refractivity contribution < 1.29 is 0 Å². The summed E-state index contributed by atoms with van der Waals surface area (Å²) in [7, 11) is 0. The van der Waals surface area contributed by atoms with Crippen molar-refractivity contribution in [3.63, 3.8) is 0 Å². The number of anilines is 2. The molecule has 0 fully saturated rings. The number of aryl methyl sites for hydroxylation is 1. The van der Waals surface area contributed by atoms with Gasteiger partial charge in [0.05, 0.1) is 0 Å². The van der Waals surface area contributed by atoms with Crippen LogP contribution in [0, 0.1) is 6.92 Å². The van der Waals surface area contributed by atoms with Gasteiger partial charge in [-0.3, -0.25) is 0 Å². The van der Waals surface area contributed by atoms with E-state index in [1.165, 1.54) is 28.1 Å². The molecule has 0 bridgehead atoms. The maximum absolute atomic E-state index is 6.02. The Labute approximate surface area is 121 Å². The van der Waals surface area contributed by atoms with Gasteiger partial charge in [0.15, 0.2) is 0 Å². The van der Waals surface area contributed by atoms with Gasteiger partial charge in [0, 0.05) is 24.0 Å². The van der Waals surface area contributed by atoms with Crippen LogP contribution in [0.15, 0.2) is 42.5 Å². The van der Waals surface area contributed by atoms with Crippen molar-refractivity contribution in [2.75, 3.05) is 11.4 Å². The second-order valence-electron chi connectivity index (χ2n) is 5.84. The minimum atomic E-state index is 0.188. The molecule has 0 saturated carbocycles. The molecule has 1 aliphatic heterocycles. The van der Waals surface area contributed by atoms with Gasteiger partial charge in [-0.25, -0.2) is 0 Å². The quantitative estimate of drug-likeness (QED) is 0.920. The van der Waals surface area contributed by atoms with Crippen LogP contribution in [0.25, 0.3) is 0 Å². The lowest BCUT2D eigenvalue weighted by molar-refractivity contribution is 0.736. The molecule has 20 heavy (non-hydrogen) atoms. The zero-order valence-electron chi connectivity index (χ0n) is 12.3. The summed E-state index contributed by atoms with van der Waals surface area (Å²) in [6.07, 6.45) is 2.05. The topological polar surface area (TPSA) is 29.3 Å². The summed E-state index contributed by atoms with van der Waals surface area (Å²) >= 11 is 0. The molecule has 2 aromatic rings. The number of fused-ring (bicyclic) bond motifs is 1. The summed E-state index contributed by atoms with van der Waals surface area (Å²) in [5.41, 5.74) is 12.8. The molecule has 1 unspecified atom stereocenters. The van der Waals surface area contributed by atoms with E-state index in [1.807, 2.05) is 0 Å². The van der Waals surface area contributed by atoms with Crippen LogP contribution in [0.2, 0.25) is 0 Å². The maximum atomic E-state index is 6.02. The Morgan fingerprint density at radius 2 is 1.95 bits per heavy atom. The third-order valence-corrected chi connectivity index (χ3v) is 3.95. The lowest BCUT2D eigenvalue weighted by Crippen LogP contribution is -2.21. The summed E-state index contributed by atoms with van der Waals surface area (Å²) in [5.74, 6) is 0. The number of hydrogen-bond donors (Lipinski definition) is 1. The predicted octanol–water partition coefficient (Wildman–Crippen LogP) is 3.58. The van der Waals surface area contributed by atoms with E-state index in [0.29, 0.717) is 0 Å². The predicted molar refractivity (Wildman–Crippen MR) is 85.7 cm³/mol. The minimum Gasteiger partial charge on any atom is -0.341 e. The van der Waals surface area contributed by atoms with Crippen LogP contribution in [0.5, 0.6) is 0 Å². The highest BCUT2D eigenvalue weighted by molar-refractivity contribution is 5.72. The van der Waals surface area contributed by atoms with Crippen LogP contribution < -0.4 is 10.6 Å². The summed E-state index contributed by atoms with van der Waals surface area (Å²) in [6, 6.07) is 15.6. The van der Waals surface area contributed by atoms with Crippen LogP contribution in [-0.2, 0) is 12.8 Å². The average molecular weight is 266 g/mol. The highest BCUT2D eigenvalue weighted by Crippen LogP contribution is 2.36. The average Bonchev–Trinajstić information content (AvgIpc) is 2.82. The molecule has 0 aromatic heterocycles. The highest BCUT2D eigenvalue weighted by Gasteiger charge is 2.21. The fourth-order valence-electron chi connectivity index (χ4n) is 3.08. The molecular formula is C18H22N2. The van der Waals surface area contributed by atoms with Crippen molar-refractivity contribution in [1.82, 2.24) is 0 Å². The Balaban J connectivity index is 2.03. The van der Waals surface area contributed by atoms with Gasteiger partial charge in [-0.1, -0.05) is 35.9 Å². The summed E-state index contributed by atoms with van der Waals surface area (Å²) in [5, 5.41) is 0. The van der Waals surface area contributed by atoms with E-state index < -0.39 is 0 Å². The third kappa shape index (κ3) is 2.44. The first-order chi connectivity index (χ1) is 9.65. The lowest BCUT2D eigenvalue weighted by Gasteiger charge is -2.24. The van der Waals surface area contributed by atoms with E-state index in [0.717, 1.165) is 19.4 Å². The normalized spacial score (nSPS) is 15.2. The van der Waals surface area contributed by atoms with Crippen LogP contribution in [0.3, 0.4) is 0 Å². The monoisotopic (exact) mass is 266 g/mol. The SMILES string of the molecule is Cc1ccc(N2CCc3ccccc32)c(CC(C)N)c1. The molecule has 0 saturated heterocycles. The summed E-state index contributed by atoms with van der Waals surface area (Å²) in [4.78, 5) is 2.44. The standard InChI is InChI=1S/C18H22N2/c1-13-7-8-18(16(11-13)12-14(2)19)20-10-9-15-5-3-4-6-17(15)20/h3-8,11,14H,9-10,12,19H2,1-2H3. The van der Waals surface area contributed by atoms with Crippen molar-refractivity contribution in [3.05, 3.63) is 59.2 Å². The van der Waals surface area contributed by atoms with Crippen LogP contribution in [-0.4, -0.2) is 12.6 Å². The second-order valence-corrected chi connectivity index (χ2v) is 5.84. The zero-order valence-corrected chi connectivity index (χ0v) is 12.3. The third-order valence-electron chi connectivity index (χ3n) is 3.95. The molecule has 2 heteroatoms. The van der Waals surface area contributed by atoms with Crippen LogP contribution >= 0.6 is 0 Å². The summed E-state index contributed by atoms with van der Waals surface area (Å²) < 4.78 is 0. The summed E-state index contributed by atoms with van der Waals surface area (Å²) in [6.45, 7) is 5.28. The van der Waals surface area contributed by atoms with Gasteiger partial charge in [0.1, 0.15) is 0 Å². The van der Waals surface area contributed by atoms with Gasteiger partial charge >= 0.3 is 0 Å². The van der Waals surface area contributed by atoms with E-state index in [4.69, 9.17) is 5.73 Å². The van der Waals surface area contributed by atoms with Crippen molar-refractivity contribution in [2.45, 2.75) is 32.7 Å². The Morgan fingerprint density at radius 3 is 2.75 bits per heavy atom. The van der Waals surface area contributed by atoms with Crippen molar-refractivity contribution in [1.29, 1.82) is 0 Å². The number of hydrogen-bond acceptors (Lipinski definition) is 2. The van der Waals surface area contributed by atoms with Gasteiger partial charge < -0.3 is 10.6 Å². The molecule has 0 aliphatic carbocycles. The van der Waals surface area contributed by atoms with Gasteiger partial charge in [0.25, 0.3) is 0 Å². The number of nitrogens with two attached hydrogens (primary N) is 1. The van der Waals surface area contributed by atoms with Gasteiger partial charge in [-0.2, -0.15) is 0 Å². The van der Waals surface area contributed by atoms with Crippen molar-refractivity contribution in [3.8, 4) is 0 Å². The Hall–Kier alpha value is -1.80. The van der Waals surface area contributed by atoms with E-state index in [-0.39, 0.29) is 6.04 Å². The molecule has 2 nitrogen and oxygen atoms in total. The highest BCUT2D eigenvalue weighted by atomic mass is 15.2. The first-order valence-electron chi connectivity index (χ1n) is 7.35. The van der Waals surface area contributed by atoms with Gasteiger partial charge in [-0.05, 0) is 49.9 Å². The lowest BCUT2D eigenvalue weighted by atomic mass is 10.0. The smallest absolute Gasteiger partial charge is 0.0444 e. The van der Waals surface area contributed by atoms with Crippen molar-refractivity contribution in [2.24, 2.45) is 5.73 Å². The minimum absolute atomic E-state index is 0.188. The molecule has 3 rings (SSSR count). The molecule has 2 N–H and O–H groups in total. The molecule has 0 radical (unpaired) electrons. The first-order valence-corrected chi connectivity index (χ1v) is 7.35. The van der Waals surface area contributed by atoms with E-state index >= 15 is 0 Å². The molecule has 1 atom stereocenters. The Kier molecular flexibility index (Phi) is 3.49. The molecule has 104 valence electrons. The molecule has 2 aromatic carbocycles. The van der Waals surface area contributed by atoms with Crippen molar-refractivity contribution >= 4 is 11.4 Å². The number of benzene rings is 2. The molecule has 1 heterocycles. The first kappa shape index (κ1) is 13.2. The number of rotatable bonds is 3. The van der Waals surface area contributed by atoms with E-state index in [9.17, 15) is 0 Å². The Morgan fingerprint density at radius 1 is 1.15 bits per heavy atom. The fraction of sp³-hybridized carbons (Fsp3) is 0.333. The molecule has 0 amide bonds. The fourth-order valence-corrected chi connectivity index (χ4v) is 3.08. The largest absolute Gasteiger partial charge is 0.341 e.